The number of morpholine rings is 2. The first kappa shape index (κ1) is 23.2. The monoisotopic (exact) mass is 405 g/mol. The first-order chi connectivity index (χ1) is 12.6. The van der Waals surface area contributed by atoms with Crippen molar-refractivity contribution in [2.45, 2.75) is 31.7 Å². The molecule has 1 atom stereocenters. The van der Waals surface area contributed by atoms with Crippen molar-refractivity contribution in [1.29, 1.82) is 0 Å². The fraction of sp³-hybridized carbons (Fsp3) is 0.812. The van der Waals surface area contributed by atoms with Crippen LogP contribution in [0.1, 0.15) is 0 Å². The van der Waals surface area contributed by atoms with Crippen molar-refractivity contribution in [3.63, 3.8) is 0 Å². The van der Waals surface area contributed by atoms with Crippen LogP contribution < -0.4 is 5.32 Å². The molecular weight excluding hydrogens is 374 g/mol. The fourth-order valence-electron chi connectivity index (χ4n) is 2.57. The molecule has 3 amide bonds. The normalized spacial score (nSPS) is 18.8. The molecule has 2 fully saturated rings. The van der Waals surface area contributed by atoms with E-state index in [1.165, 1.54) is 4.90 Å². The maximum absolute atomic E-state index is 11.9. The van der Waals surface area contributed by atoms with Crippen LogP contribution in [0.3, 0.4) is 0 Å². The number of nitrogens with zero attached hydrogens (tertiary/aromatic N) is 2. The van der Waals surface area contributed by atoms with Crippen molar-refractivity contribution >= 4 is 26.2 Å². The van der Waals surface area contributed by atoms with E-state index < -0.39 is 26.2 Å². The van der Waals surface area contributed by atoms with Crippen LogP contribution >= 0.6 is 0 Å². The van der Waals surface area contributed by atoms with E-state index in [-0.39, 0.29) is 6.03 Å². The molecule has 0 aromatic heterocycles. The van der Waals surface area contributed by atoms with Gasteiger partial charge in [0.1, 0.15) is 6.04 Å². The lowest BCUT2D eigenvalue weighted by Gasteiger charge is -2.29. The van der Waals surface area contributed by atoms with E-state index >= 15 is 0 Å². The van der Waals surface area contributed by atoms with E-state index in [2.05, 4.69) is 25.0 Å². The van der Waals surface area contributed by atoms with Gasteiger partial charge in [-0.15, -0.1) is 0 Å². The zero-order chi connectivity index (χ0) is 20.4. The third kappa shape index (κ3) is 9.59. The molecule has 27 heavy (non-hydrogen) atoms. The molecule has 2 aliphatic rings. The molecule has 3 N–H and O–H groups in total. The summed E-state index contributed by atoms with van der Waals surface area (Å²) >= 11 is 0. The molecule has 0 spiro atoms. The quantitative estimate of drug-likeness (QED) is 0.591. The third-order valence-electron chi connectivity index (χ3n) is 3.99. The molecule has 0 aromatic rings. The summed E-state index contributed by atoms with van der Waals surface area (Å²) < 4.78 is 10.1. The number of hydrogen-bond acceptors (Lipinski definition) is 5. The van der Waals surface area contributed by atoms with Crippen LogP contribution in [0, 0.1) is 0 Å². The summed E-state index contributed by atoms with van der Waals surface area (Å²) in [6.45, 7) is 10.4. The van der Waals surface area contributed by atoms with E-state index in [9.17, 15) is 14.4 Å². The molecule has 11 heteroatoms. The average molecular weight is 406 g/mol. The Bertz CT molecular complexity index is 501. The van der Waals surface area contributed by atoms with Crippen molar-refractivity contribution in [2.24, 2.45) is 0 Å². The molecular formula is C16H31N3O7Si. The van der Waals surface area contributed by atoms with Crippen LogP contribution in [0.15, 0.2) is 0 Å². The molecule has 0 radical (unpaired) electrons. The third-order valence-corrected chi connectivity index (χ3v) is 5.63. The number of aliphatic carboxylic acids is 1. The number of amides is 3. The predicted octanol–water partition coefficient (Wildman–Crippen LogP) is 0.816. The van der Waals surface area contributed by atoms with Gasteiger partial charge >= 0.3 is 18.1 Å². The highest BCUT2D eigenvalue weighted by atomic mass is 28.3. The fourth-order valence-corrected chi connectivity index (χ4v) is 4.08. The van der Waals surface area contributed by atoms with Gasteiger partial charge in [0.05, 0.1) is 26.4 Å². The van der Waals surface area contributed by atoms with Gasteiger partial charge in [0.25, 0.3) is 0 Å². The molecule has 0 bridgehead atoms. The Kier molecular flexibility index (Phi) is 9.53. The zero-order valence-corrected chi connectivity index (χ0v) is 17.3. The van der Waals surface area contributed by atoms with Crippen molar-refractivity contribution in [2.75, 3.05) is 52.6 Å². The highest BCUT2D eigenvalue weighted by molar-refractivity contribution is 6.76. The highest BCUT2D eigenvalue weighted by Gasteiger charge is 2.29. The summed E-state index contributed by atoms with van der Waals surface area (Å²) in [6, 6.07) is -0.547. The summed E-state index contributed by atoms with van der Waals surface area (Å²) in [4.78, 5) is 36.2. The van der Waals surface area contributed by atoms with Gasteiger partial charge in [0.2, 0.25) is 0 Å². The number of hydrogen-bond donors (Lipinski definition) is 3. The first-order valence-corrected chi connectivity index (χ1v) is 12.7. The summed E-state index contributed by atoms with van der Waals surface area (Å²) in [5.41, 5.74) is 0. The minimum Gasteiger partial charge on any atom is -0.480 e. The summed E-state index contributed by atoms with van der Waals surface area (Å²) in [5.74, 6) is -0.959. The lowest BCUT2D eigenvalue weighted by molar-refractivity contribution is -0.138. The van der Waals surface area contributed by atoms with Crippen LogP contribution in [-0.2, 0) is 14.3 Å². The molecule has 0 aromatic carbocycles. The van der Waals surface area contributed by atoms with Crippen LogP contribution in [0.5, 0.6) is 0 Å². The number of rotatable bonds is 4. The number of ether oxygens (including phenoxy) is 2. The van der Waals surface area contributed by atoms with E-state index in [0.29, 0.717) is 58.7 Å². The van der Waals surface area contributed by atoms with Crippen molar-refractivity contribution in [3.8, 4) is 0 Å². The number of urea groups is 1. The van der Waals surface area contributed by atoms with Gasteiger partial charge in [0, 0.05) is 34.3 Å². The lowest BCUT2D eigenvalue weighted by Crippen LogP contribution is -2.52. The molecule has 2 saturated heterocycles. The Morgan fingerprint density at radius 1 is 0.926 bits per heavy atom. The number of carbonyl (C=O) groups is 3. The van der Waals surface area contributed by atoms with Gasteiger partial charge in [-0.3, -0.25) is 4.79 Å². The van der Waals surface area contributed by atoms with Gasteiger partial charge in [-0.2, -0.15) is 0 Å². The number of carboxylic acid groups (broad SMARTS) is 2. The molecule has 0 unspecified atom stereocenters. The molecule has 0 aliphatic carbocycles. The molecule has 0 saturated carbocycles. The minimum absolute atomic E-state index is 0.302. The molecule has 156 valence electrons. The van der Waals surface area contributed by atoms with Crippen LogP contribution in [-0.4, -0.2) is 105 Å². The molecule has 2 rings (SSSR count). The number of carboxylic acids is 1. The standard InChI is InChI=1S/C11H22N2O4Si.C5H9NO3/c1-18(2,3)8-9(10(14)15)12-11(16)13-4-6-17-7-5-13;7-5(8)6-1-3-9-4-2-6/h9H,4-8H2,1-3H3,(H,12,16)(H,14,15);1-4H2,(H,7,8)/t9-;/m0./s1. The molecule has 10 nitrogen and oxygen atoms in total. The van der Waals surface area contributed by atoms with Gasteiger partial charge in [-0.05, 0) is 6.04 Å². The topological polar surface area (TPSA) is 129 Å². The van der Waals surface area contributed by atoms with Gasteiger partial charge < -0.3 is 34.8 Å². The average Bonchev–Trinajstić information content (AvgIpc) is 2.62. The zero-order valence-electron chi connectivity index (χ0n) is 16.3. The number of nitrogens with one attached hydrogen (secondary N) is 1. The van der Waals surface area contributed by atoms with Crippen LogP contribution in [0.2, 0.25) is 25.7 Å². The van der Waals surface area contributed by atoms with Crippen LogP contribution in [0.4, 0.5) is 9.59 Å². The second-order valence-electron chi connectivity index (χ2n) is 7.59. The van der Waals surface area contributed by atoms with Crippen LogP contribution in [0.25, 0.3) is 0 Å². The SMILES string of the molecule is C[Si](C)(C)C[C@H](NC(=O)N1CCOCC1)C(=O)O.O=C(O)N1CCOCC1. The van der Waals surface area contributed by atoms with Gasteiger partial charge in [-0.1, -0.05) is 19.6 Å². The highest BCUT2D eigenvalue weighted by Crippen LogP contribution is 2.12. The number of carbonyl (C=O) groups excluding carboxylic acids is 1. The first-order valence-electron chi connectivity index (χ1n) is 9.02. The maximum atomic E-state index is 11.9. The maximum Gasteiger partial charge on any atom is 0.407 e. The summed E-state index contributed by atoms with van der Waals surface area (Å²) in [5, 5.41) is 20.2. The Morgan fingerprint density at radius 3 is 1.70 bits per heavy atom. The van der Waals surface area contributed by atoms with Gasteiger partial charge in [-0.25, -0.2) is 9.59 Å². The second-order valence-corrected chi connectivity index (χ2v) is 13.1. The van der Waals surface area contributed by atoms with Crippen molar-refractivity contribution < 1.29 is 34.1 Å². The predicted molar refractivity (Wildman–Crippen MR) is 101 cm³/mol. The molecule has 2 heterocycles. The smallest absolute Gasteiger partial charge is 0.407 e. The largest absolute Gasteiger partial charge is 0.480 e. The van der Waals surface area contributed by atoms with Gasteiger partial charge in [0.15, 0.2) is 0 Å². The van der Waals surface area contributed by atoms with Crippen molar-refractivity contribution in [1.82, 2.24) is 15.1 Å². The van der Waals surface area contributed by atoms with E-state index in [0.717, 1.165) is 0 Å². The lowest BCUT2D eigenvalue weighted by atomic mass is 10.3. The second kappa shape index (κ2) is 11.1. The van der Waals surface area contributed by atoms with E-state index in [4.69, 9.17) is 19.7 Å². The van der Waals surface area contributed by atoms with Crippen molar-refractivity contribution in [3.05, 3.63) is 0 Å². The Balaban J connectivity index is 0.000000337. The Hall–Kier alpha value is -1.85. The summed E-state index contributed by atoms with van der Waals surface area (Å²) in [6.07, 6.45) is -0.849. The molecule has 2 aliphatic heterocycles. The van der Waals surface area contributed by atoms with E-state index in [1.54, 1.807) is 4.90 Å². The summed E-state index contributed by atoms with van der Waals surface area (Å²) in [7, 11) is -1.54. The Labute approximate surface area is 160 Å². The Morgan fingerprint density at radius 2 is 1.37 bits per heavy atom. The van der Waals surface area contributed by atoms with E-state index in [1.807, 2.05) is 0 Å². The minimum atomic E-state index is -1.54.